The Kier molecular flexibility index (Phi) is 6.41. The molecule has 1 rings (SSSR count). The number of carboxylic acids is 1. The molecule has 0 atom stereocenters. The van der Waals surface area contributed by atoms with Crippen LogP contribution in [-0.2, 0) is 4.74 Å². The van der Waals surface area contributed by atoms with Crippen LogP contribution in [0.3, 0.4) is 0 Å². The van der Waals surface area contributed by atoms with Crippen LogP contribution in [-0.4, -0.2) is 24.2 Å². The van der Waals surface area contributed by atoms with Gasteiger partial charge in [-0.3, -0.25) is 0 Å². The largest absolute Gasteiger partial charge is 0.478 e. The summed E-state index contributed by atoms with van der Waals surface area (Å²) >= 11 is 3.11. The molecule has 1 aromatic carbocycles. The molecule has 16 heavy (non-hydrogen) atoms. The van der Waals surface area contributed by atoms with Crippen molar-refractivity contribution in [2.24, 2.45) is 0 Å². The molecule has 1 N–H and O–H groups in total. The van der Waals surface area contributed by atoms with Crippen LogP contribution in [0.1, 0.15) is 34.6 Å². The summed E-state index contributed by atoms with van der Waals surface area (Å²) in [6, 6.07) is 4.17. The quantitative estimate of drug-likeness (QED) is 0.850. The summed E-state index contributed by atoms with van der Waals surface area (Å²) in [5.74, 6) is -1.65. The van der Waals surface area contributed by atoms with Gasteiger partial charge in [-0.05, 0) is 18.2 Å². The molecular formula is C11H13BrO4. The van der Waals surface area contributed by atoms with Crippen LogP contribution in [0, 0.1) is 0 Å². The summed E-state index contributed by atoms with van der Waals surface area (Å²) in [7, 11) is 1.24. The molecule has 5 heteroatoms. The molecule has 0 aromatic heterocycles. The molecule has 0 aliphatic rings. The summed E-state index contributed by atoms with van der Waals surface area (Å²) in [6.07, 6.45) is 0. The van der Waals surface area contributed by atoms with Crippen molar-refractivity contribution in [1.82, 2.24) is 0 Å². The average molecular weight is 289 g/mol. The van der Waals surface area contributed by atoms with Crippen molar-refractivity contribution in [3.05, 3.63) is 33.8 Å². The highest BCUT2D eigenvalue weighted by Crippen LogP contribution is 2.16. The smallest absolute Gasteiger partial charge is 0.337 e. The van der Waals surface area contributed by atoms with E-state index in [4.69, 9.17) is 5.11 Å². The number of benzene rings is 1. The third kappa shape index (κ3) is 4.02. The van der Waals surface area contributed by atoms with Crippen molar-refractivity contribution in [3.63, 3.8) is 0 Å². The van der Waals surface area contributed by atoms with Gasteiger partial charge in [-0.1, -0.05) is 29.8 Å². The normalized spacial score (nSPS) is 8.75. The van der Waals surface area contributed by atoms with E-state index in [9.17, 15) is 9.59 Å². The maximum Gasteiger partial charge on any atom is 0.337 e. The Morgan fingerprint density at radius 3 is 2.12 bits per heavy atom. The van der Waals surface area contributed by atoms with Gasteiger partial charge in [0.25, 0.3) is 0 Å². The minimum absolute atomic E-state index is 0.0415. The van der Waals surface area contributed by atoms with Crippen molar-refractivity contribution in [2.45, 2.75) is 13.8 Å². The Balaban J connectivity index is 0.00000106. The lowest BCUT2D eigenvalue weighted by molar-refractivity contribution is 0.0600. The minimum atomic E-state index is -1.09. The van der Waals surface area contributed by atoms with Gasteiger partial charge in [0, 0.05) is 4.47 Å². The third-order valence-electron chi connectivity index (χ3n) is 1.57. The average Bonchev–Trinajstić information content (AvgIpc) is 2.29. The van der Waals surface area contributed by atoms with Crippen molar-refractivity contribution in [3.8, 4) is 0 Å². The molecule has 1 aromatic rings. The van der Waals surface area contributed by atoms with Crippen LogP contribution in [0.5, 0.6) is 0 Å². The summed E-state index contributed by atoms with van der Waals surface area (Å²) in [5.41, 5.74) is 0.249. The number of hydrogen-bond acceptors (Lipinski definition) is 3. The van der Waals surface area contributed by atoms with Crippen LogP contribution >= 0.6 is 15.9 Å². The van der Waals surface area contributed by atoms with Crippen LogP contribution in [0.15, 0.2) is 22.7 Å². The molecule has 0 unspecified atom stereocenters. The van der Waals surface area contributed by atoms with E-state index >= 15 is 0 Å². The molecule has 0 radical (unpaired) electrons. The molecule has 0 bridgehead atoms. The Labute approximate surface area is 102 Å². The number of halogens is 1. The Hall–Kier alpha value is -1.36. The Bertz CT molecular complexity index is 388. The molecule has 88 valence electrons. The third-order valence-corrected chi connectivity index (χ3v) is 2.02. The zero-order chi connectivity index (χ0) is 12.7. The molecular weight excluding hydrogens is 276 g/mol. The van der Waals surface area contributed by atoms with Gasteiger partial charge < -0.3 is 9.84 Å². The Morgan fingerprint density at radius 2 is 1.69 bits per heavy atom. The van der Waals surface area contributed by atoms with E-state index < -0.39 is 11.9 Å². The molecule has 0 heterocycles. The summed E-state index contributed by atoms with van der Waals surface area (Å²) in [4.78, 5) is 21.7. The zero-order valence-corrected chi connectivity index (χ0v) is 10.9. The first-order chi connectivity index (χ1) is 7.54. The first kappa shape index (κ1) is 14.6. The van der Waals surface area contributed by atoms with Gasteiger partial charge in [0.05, 0.1) is 18.2 Å². The van der Waals surface area contributed by atoms with Crippen LogP contribution in [0.2, 0.25) is 0 Å². The first-order valence-electron chi connectivity index (χ1n) is 4.67. The maximum atomic E-state index is 11.1. The molecule has 0 amide bonds. The van der Waals surface area contributed by atoms with E-state index in [-0.39, 0.29) is 11.1 Å². The van der Waals surface area contributed by atoms with E-state index in [1.165, 1.54) is 25.3 Å². The van der Waals surface area contributed by atoms with Crippen molar-refractivity contribution in [2.75, 3.05) is 7.11 Å². The topological polar surface area (TPSA) is 63.6 Å². The number of hydrogen-bond donors (Lipinski definition) is 1. The second kappa shape index (κ2) is 7.00. The number of esters is 1. The predicted octanol–water partition coefficient (Wildman–Crippen LogP) is 2.96. The second-order valence-electron chi connectivity index (χ2n) is 2.53. The van der Waals surface area contributed by atoms with E-state index in [1.807, 2.05) is 13.8 Å². The number of aromatic carboxylic acids is 1. The number of rotatable bonds is 2. The van der Waals surface area contributed by atoms with Crippen LogP contribution in [0.25, 0.3) is 0 Å². The fraction of sp³-hybridized carbons (Fsp3) is 0.273. The van der Waals surface area contributed by atoms with Gasteiger partial charge >= 0.3 is 11.9 Å². The highest BCUT2D eigenvalue weighted by Gasteiger charge is 2.11. The number of carbonyl (C=O) groups excluding carboxylic acids is 1. The SMILES string of the molecule is CC.COC(=O)c1cc(Br)cc(C(=O)O)c1. The summed E-state index contributed by atoms with van der Waals surface area (Å²) < 4.78 is 5.00. The fourth-order valence-corrected chi connectivity index (χ4v) is 1.44. The predicted molar refractivity (Wildman–Crippen MR) is 63.8 cm³/mol. The fourth-order valence-electron chi connectivity index (χ4n) is 0.949. The van der Waals surface area contributed by atoms with E-state index in [0.29, 0.717) is 4.47 Å². The van der Waals surface area contributed by atoms with Gasteiger partial charge in [-0.25, -0.2) is 9.59 Å². The summed E-state index contributed by atoms with van der Waals surface area (Å²) in [6.45, 7) is 4.00. The maximum absolute atomic E-state index is 11.1. The monoisotopic (exact) mass is 288 g/mol. The summed E-state index contributed by atoms with van der Waals surface area (Å²) in [5, 5.41) is 8.72. The van der Waals surface area contributed by atoms with Crippen molar-refractivity contribution < 1.29 is 19.4 Å². The number of carbonyl (C=O) groups is 2. The molecule has 0 aliphatic heterocycles. The lowest BCUT2D eigenvalue weighted by Gasteiger charge is -2.01. The van der Waals surface area contributed by atoms with Crippen molar-refractivity contribution in [1.29, 1.82) is 0 Å². The standard InChI is InChI=1S/C9H7BrO4.C2H6/c1-14-9(13)6-2-5(8(11)12)3-7(10)4-6;1-2/h2-4H,1H3,(H,11,12);1-2H3. The molecule has 4 nitrogen and oxygen atoms in total. The van der Waals surface area contributed by atoms with Crippen LogP contribution < -0.4 is 0 Å². The first-order valence-corrected chi connectivity index (χ1v) is 5.46. The van der Waals surface area contributed by atoms with E-state index in [0.717, 1.165) is 0 Å². The number of carboxylic acid groups (broad SMARTS) is 1. The van der Waals surface area contributed by atoms with Gasteiger partial charge in [-0.15, -0.1) is 0 Å². The molecule has 0 saturated carbocycles. The highest BCUT2D eigenvalue weighted by atomic mass is 79.9. The van der Waals surface area contributed by atoms with Crippen LogP contribution in [0.4, 0.5) is 0 Å². The van der Waals surface area contributed by atoms with Gasteiger partial charge in [0.1, 0.15) is 0 Å². The highest BCUT2D eigenvalue weighted by molar-refractivity contribution is 9.10. The zero-order valence-electron chi connectivity index (χ0n) is 9.28. The second-order valence-corrected chi connectivity index (χ2v) is 3.44. The molecule has 0 aliphatic carbocycles. The van der Waals surface area contributed by atoms with E-state index in [2.05, 4.69) is 20.7 Å². The van der Waals surface area contributed by atoms with Gasteiger partial charge in [0.15, 0.2) is 0 Å². The Morgan fingerprint density at radius 1 is 1.19 bits per heavy atom. The lowest BCUT2D eigenvalue weighted by atomic mass is 10.1. The molecule has 0 fully saturated rings. The number of ether oxygens (including phenoxy) is 1. The van der Waals surface area contributed by atoms with E-state index in [1.54, 1.807) is 0 Å². The minimum Gasteiger partial charge on any atom is -0.478 e. The van der Waals surface area contributed by atoms with Gasteiger partial charge in [0.2, 0.25) is 0 Å². The number of methoxy groups -OCH3 is 1. The van der Waals surface area contributed by atoms with Gasteiger partial charge in [-0.2, -0.15) is 0 Å². The van der Waals surface area contributed by atoms with Crippen molar-refractivity contribution >= 4 is 27.9 Å². The molecule has 0 spiro atoms. The lowest BCUT2D eigenvalue weighted by Crippen LogP contribution is -2.04. The molecule has 0 saturated heterocycles.